The number of carboxylic acid groups (broad SMARTS) is 1. The van der Waals surface area contributed by atoms with E-state index >= 15 is 0 Å². The number of benzene rings is 2. The lowest BCUT2D eigenvalue weighted by molar-refractivity contribution is -0.136. The van der Waals surface area contributed by atoms with Crippen molar-refractivity contribution in [3.8, 4) is 0 Å². The Morgan fingerprint density at radius 2 is 1.83 bits per heavy atom. The fraction of sp³-hybridized carbons (Fsp3) is 0.118. The maximum Gasteiger partial charge on any atom is 0.303 e. The number of nitrogens with zero attached hydrogens (tertiary/aromatic N) is 2. The number of hydrogen-bond donors (Lipinski definition) is 2. The van der Waals surface area contributed by atoms with Crippen LogP contribution in [0.25, 0.3) is 10.1 Å². The van der Waals surface area contributed by atoms with Crippen molar-refractivity contribution >= 4 is 39.1 Å². The van der Waals surface area contributed by atoms with Crippen LogP contribution in [0.1, 0.15) is 18.4 Å². The van der Waals surface area contributed by atoms with Crippen LogP contribution in [-0.2, 0) is 4.79 Å². The first-order chi connectivity index (χ1) is 11.2. The van der Waals surface area contributed by atoms with E-state index in [0.29, 0.717) is 18.0 Å². The van der Waals surface area contributed by atoms with Crippen LogP contribution in [-0.4, -0.2) is 21.2 Å². The third-order valence-corrected chi connectivity index (χ3v) is 4.18. The Morgan fingerprint density at radius 3 is 2.61 bits per heavy atom. The molecule has 0 aliphatic carbocycles. The Kier molecular flexibility index (Phi) is 4.63. The summed E-state index contributed by atoms with van der Waals surface area (Å²) in [4.78, 5) is 10.9. The Balaban J connectivity index is 1.86. The molecule has 0 bridgehead atoms. The van der Waals surface area contributed by atoms with E-state index in [0.717, 1.165) is 15.6 Å². The second-order valence-electron chi connectivity index (χ2n) is 4.96. The smallest absolute Gasteiger partial charge is 0.303 e. The lowest BCUT2D eigenvalue weighted by Crippen LogP contribution is -2.08. The average Bonchev–Trinajstić information content (AvgIpc) is 2.99. The van der Waals surface area contributed by atoms with Gasteiger partial charge in [-0.15, -0.1) is 0 Å². The van der Waals surface area contributed by atoms with Crippen LogP contribution >= 0.6 is 11.5 Å². The Labute approximate surface area is 137 Å². The highest BCUT2D eigenvalue weighted by atomic mass is 32.1. The van der Waals surface area contributed by atoms with Crippen LogP contribution in [0.2, 0.25) is 0 Å². The molecule has 2 aromatic carbocycles. The monoisotopic (exact) mass is 325 g/mol. The van der Waals surface area contributed by atoms with Gasteiger partial charge in [-0.05, 0) is 29.2 Å². The summed E-state index contributed by atoms with van der Waals surface area (Å²) in [5.74, 6) is -0.151. The number of nitrogens with one attached hydrogen (secondary N) is 1. The van der Waals surface area contributed by atoms with E-state index in [1.54, 1.807) is 0 Å². The molecule has 3 rings (SSSR count). The zero-order valence-corrected chi connectivity index (χ0v) is 13.1. The van der Waals surface area contributed by atoms with Crippen LogP contribution in [0, 0.1) is 0 Å². The van der Waals surface area contributed by atoms with Crippen molar-refractivity contribution in [3.63, 3.8) is 0 Å². The highest BCUT2D eigenvalue weighted by Crippen LogP contribution is 2.26. The van der Waals surface area contributed by atoms with Gasteiger partial charge in [0.25, 0.3) is 0 Å². The first-order valence-electron chi connectivity index (χ1n) is 7.18. The minimum Gasteiger partial charge on any atom is -0.481 e. The van der Waals surface area contributed by atoms with Crippen molar-refractivity contribution in [3.05, 3.63) is 60.2 Å². The van der Waals surface area contributed by atoms with Gasteiger partial charge in [0.05, 0.1) is 16.8 Å². The maximum atomic E-state index is 10.9. The van der Waals surface area contributed by atoms with E-state index in [-0.39, 0.29) is 6.42 Å². The molecule has 6 heteroatoms. The van der Waals surface area contributed by atoms with Crippen molar-refractivity contribution in [1.29, 1.82) is 0 Å². The molecular weight excluding hydrogens is 310 g/mol. The third kappa shape index (κ3) is 3.73. The number of carbonyl (C=O) groups is 1. The SMILES string of the molecule is O=C(O)CC/C(=N\Nc1nsc2ccccc12)c1ccccc1. The van der Waals surface area contributed by atoms with Gasteiger partial charge < -0.3 is 5.11 Å². The normalized spacial score (nSPS) is 11.6. The fourth-order valence-electron chi connectivity index (χ4n) is 2.21. The Hall–Kier alpha value is -2.73. The number of fused-ring (bicyclic) bond motifs is 1. The molecule has 0 unspecified atom stereocenters. The van der Waals surface area contributed by atoms with Crippen molar-refractivity contribution in [2.24, 2.45) is 5.10 Å². The van der Waals surface area contributed by atoms with E-state index < -0.39 is 5.97 Å². The molecule has 0 aliphatic rings. The van der Waals surface area contributed by atoms with E-state index in [9.17, 15) is 4.79 Å². The van der Waals surface area contributed by atoms with Gasteiger partial charge >= 0.3 is 5.97 Å². The highest BCUT2D eigenvalue weighted by Gasteiger charge is 2.08. The standard InChI is InChI=1S/C17H15N3O2S/c21-16(22)11-10-14(12-6-2-1-3-7-12)18-19-17-13-8-4-5-9-15(13)23-20-17/h1-9H,10-11H2,(H,19,20)(H,21,22)/b18-14+. The molecule has 5 nitrogen and oxygen atoms in total. The molecule has 0 fully saturated rings. The van der Waals surface area contributed by atoms with Crippen LogP contribution < -0.4 is 5.43 Å². The average molecular weight is 325 g/mol. The number of anilines is 1. The van der Waals surface area contributed by atoms with Crippen molar-refractivity contribution in [2.75, 3.05) is 5.43 Å². The number of aromatic nitrogens is 1. The van der Waals surface area contributed by atoms with Crippen LogP contribution in [0.15, 0.2) is 59.7 Å². The zero-order chi connectivity index (χ0) is 16.1. The molecule has 0 aliphatic heterocycles. The summed E-state index contributed by atoms with van der Waals surface area (Å²) in [5, 5.41) is 14.3. The summed E-state index contributed by atoms with van der Waals surface area (Å²) in [7, 11) is 0. The maximum absolute atomic E-state index is 10.9. The summed E-state index contributed by atoms with van der Waals surface area (Å²) in [6.45, 7) is 0. The van der Waals surface area contributed by atoms with Crippen molar-refractivity contribution < 1.29 is 9.90 Å². The minimum atomic E-state index is -0.840. The van der Waals surface area contributed by atoms with Gasteiger partial charge in [-0.3, -0.25) is 10.2 Å². The lowest BCUT2D eigenvalue weighted by Gasteiger charge is -2.06. The Morgan fingerprint density at radius 1 is 1.09 bits per heavy atom. The predicted octanol–water partition coefficient (Wildman–Crippen LogP) is 3.98. The summed E-state index contributed by atoms with van der Waals surface area (Å²) in [5.41, 5.74) is 4.59. The van der Waals surface area contributed by atoms with E-state index in [1.165, 1.54) is 11.5 Å². The second-order valence-corrected chi connectivity index (χ2v) is 5.76. The molecule has 0 radical (unpaired) electrons. The van der Waals surface area contributed by atoms with Gasteiger partial charge in [0.1, 0.15) is 0 Å². The van der Waals surface area contributed by atoms with Crippen molar-refractivity contribution in [1.82, 2.24) is 4.37 Å². The quantitative estimate of drug-likeness (QED) is 0.531. The van der Waals surface area contributed by atoms with E-state index in [2.05, 4.69) is 14.9 Å². The largest absolute Gasteiger partial charge is 0.481 e. The number of carboxylic acids is 1. The molecule has 0 saturated carbocycles. The molecule has 0 saturated heterocycles. The summed E-state index contributed by atoms with van der Waals surface area (Å²) in [6, 6.07) is 17.5. The minimum absolute atomic E-state index is 0.0349. The molecule has 1 heterocycles. The van der Waals surface area contributed by atoms with Gasteiger partial charge in [0.15, 0.2) is 5.82 Å². The molecule has 3 aromatic rings. The molecule has 116 valence electrons. The summed E-state index contributed by atoms with van der Waals surface area (Å²) >= 11 is 1.40. The van der Waals surface area contributed by atoms with Gasteiger partial charge in [-0.2, -0.15) is 9.47 Å². The predicted molar refractivity (Wildman–Crippen MR) is 93.1 cm³/mol. The molecule has 0 amide bonds. The van der Waals surface area contributed by atoms with Gasteiger partial charge in [0.2, 0.25) is 0 Å². The van der Waals surface area contributed by atoms with Crippen molar-refractivity contribution in [2.45, 2.75) is 12.8 Å². The van der Waals surface area contributed by atoms with Crippen LogP contribution in [0.3, 0.4) is 0 Å². The molecule has 0 atom stereocenters. The number of hydrogen-bond acceptors (Lipinski definition) is 5. The first kappa shape index (κ1) is 15.2. The zero-order valence-electron chi connectivity index (χ0n) is 12.3. The van der Waals surface area contributed by atoms with E-state index in [4.69, 9.17) is 5.11 Å². The number of aliphatic carboxylic acids is 1. The fourth-order valence-corrected chi connectivity index (χ4v) is 2.94. The number of hydrazone groups is 1. The van der Waals surface area contributed by atoms with E-state index in [1.807, 2.05) is 54.6 Å². The lowest BCUT2D eigenvalue weighted by atomic mass is 10.1. The summed E-state index contributed by atoms with van der Waals surface area (Å²) in [6.07, 6.45) is 0.391. The molecule has 23 heavy (non-hydrogen) atoms. The Bertz CT molecular complexity index is 843. The topological polar surface area (TPSA) is 74.6 Å². The molecule has 1 aromatic heterocycles. The molecule has 0 spiro atoms. The first-order valence-corrected chi connectivity index (χ1v) is 7.95. The molecule has 2 N–H and O–H groups in total. The third-order valence-electron chi connectivity index (χ3n) is 3.36. The highest BCUT2D eigenvalue weighted by molar-refractivity contribution is 7.13. The van der Waals surface area contributed by atoms with Crippen LogP contribution in [0.4, 0.5) is 5.82 Å². The van der Waals surface area contributed by atoms with Gasteiger partial charge in [0, 0.05) is 11.8 Å². The van der Waals surface area contributed by atoms with Crippen LogP contribution in [0.5, 0.6) is 0 Å². The number of rotatable bonds is 6. The van der Waals surface area contributed by atoms with Gasteiger partial charge in [-0.25, -0.2) is 0 Å². The van der Waals surface area contributed by atoms with Gasteiger partial charge in [-0.1, -0.05) is 42.5 Å². The molecular formula is C17H15N3O2S. The second kappa shape index (κ2) is 7.02. The summed E-state index contributed by atoms with van der Waals surface area (Å²) < 4.78 is 5.44.